The molecule has 0 spiro atoms. The first-order valence-corrected chi connectivity index (χ1v) is 6.41. The Morgan fingerprint density at radius 3 is 2.81 bits per heavy atom. The number of hydrogen-bond acceptors (Lipinski definition) is 3. The Morgan fingerprint density at radius 2 is 2.05 bits per heavy atom. The molecule has 0 aliphatic heterocycles. The third-order valence-corrected chi connectivity index (χ3v) is 3.34. The molecule has 0 saturated heterocycles. The molecule has 2 aromatic carbocycles. The lowest BCUT2D eigenvalue weighted by atomic mass is 9.98. The first-order valence-electron chi connectivity index (χ1n) is 6.41. The van der Waals surface area contributed by atoms with E-state index in [1.165, 1.54) is 19.2 Å². The molecule has 104 valence electrons. The molecular formula is C17H12FNO2. The summed E-state index contributed by atoms with van der Waals surface area (Å²) in [6.45, 7) is 0. The van der Waals surface area contributed by atoms with Gasteiger partial charge < -0.3 is 4.74 Å². The number of halogens is 1. The van der Waals surface area contributed by atoms with E-state index in [4.69, 9.17) is 4.74 Å². The third-order valence-electron chi connectivity index (χ3n) is 3.34. The number of carbonyl (C=O) groups excluding carboxylic acids is 1. The maximum atomic E-state index is 13.8. The molecule has 0 bridgehead atoms. The summed E-state index contributed by atoms with van der Waals surface area (Å²) in [5.74, 6) is -0.678. The molecular weight excluding hydrogens is 269 g/mol. The SMILES string of the molecule is COc1ccc(C(=O)c2cccc3ccncc23)cc1F. The van der Waals surface area contributed by atoms with Crippen LogP contribution in [0.1, 0.15) is 15.9 Å². The zero-order chi connectivity index (χ0) is 14.8. The van der Waals surface area contributed by atoms with E-state index in [1.807, 2.05) is 12.1 Å². The molecule has 3 nitrogen and oxygen atoms in total. The molecule has 3 rings (SSSR count). The summed E-state index contributed by atoms with van der Waals surface area (Å²) in [4.78, 5) is 16.6. The monoisotopic (exact) mass is 281 g/mol. The molecule has 0 unspecified atom stereocenters. The minimum atomic E-state index is -0.554. The highest BCUT2D eigenvalue weighted by molar-refractivity contribution is 6.16. The van der Waals surface area contributed by atoms with Crippen molar-refractivity contribution in [2.75, 3.05) is 7.11 Å². The Morgan fingerprint density at radius 1 is 1.19 bits per heavy atom. The van der Waals surface area contributed by atoms with E-state index in [1.54, 1.807) is 30.6 Å². The highest BCUT2D eigenvalue weighted by Gasteiger charge is 2.14. The maximum Gasteiger partial charge on any atom is 0.193 e. The van der Waals surface area contributed by atoms with Crippen molar-refractivity contribution >= 4 is 16.6 Å². The number of pyridine rings is 1. The van der Waals surface area contributed by atoms with Gasteiger partial charge in [-0.15, -0.1) is 0 Å². The van der Waals surface area contributed by atoms with Crippen LogP contribution in [0.25, 0.3) is 10.8 Å². The normalized spacial score (nSPS) is 10.6. The van der Waals surface area contributed by atoms with Gasteiger partial charge in [0.15, 0.2) is 17.3 Å². The van der Waals surface area contributed by atoms with Gasteiger partial charge in [0.2, 0.25) is 0 Å². The lowest BCUT2D eigenvalue weighted by Crippen LogP contribution is -2.03. The summed E-state index contributed by atoms with van der Waals surface area (Å²) in [5.41, 5.74) is 0.787. The van der Waals surface area contributed by atoms with Crippen molar-refractivity contribution in [3.05, 3.63) is 71.8 Å². The molecule has 0 aliphatic carbocycles. The zero-order valence-electron chi connectivity index (χ0n) is 11.3. The molecule has 0 amide bonds. The summed E-state index contributed by atoms with van der Waals surface area (Å²) >= 11 is 0. The van der Waals surface area contributed by atoms with Crippen LogP contribution >= 0.6 is 0 Å². The number of rotatable bonds is 3. The van der Waals surface area contributed by atoms with Crippen LogP contribution in [0.2, 0.25) is 0 Å². The molecule has 0 atom stereocenters. The number of nitrogens with zero attached hydrogens (tertiary/aromatic N) is 1. The second-order valence-electron chi connectivity index (χ2n) is 4.58. The minimum absolute atomic E-state index is 0.117. The number of ketones is 1. The van der Waals surface area contributed by atoms with Crippen molar-refractivity contribution in [3.63, 3.8) is 0 Å². The van der Waals surface area contributed by atoms with Gasteiger partial charge in [-0.3, -0.25) is 9.78 Å². The number of benzene rings is 2. The highest BCUT2D eigenvalue weighted by Crippen LogP contribution is 2.23. The maximum absolute atomic E-state index is 13.8. The number of methoxy groups -OCH3 is 1. The van der Waals surface area contributed by atoms with Gasteiger partial charge in [-0.05, 0) is 29.7 Å². The van der Waals surface area contributed by atoms with E-state index in [9.17, 15) is 9.18 Å². The van der Waals surface area contributed by atoms with Crippen LogP contribution in [-0.2, 0) is 0 Å². The van der Waals surface area contributed by atoms with E-state index in [0.717, 1.165) is 10.8 Å². The van der Waals surface area contributed by atoms with Gasteiger partial charge in [0.05, 0.1) is 7.11 Å². The van der Waals surface area contributed by atoms with Gasteiger partial charge >= 0.3 is 0 Å². The van der Waals surface area contributed by atoms with Gasteiger partial charge in [0.25, 0.3) is 0 Å². The molecule has 0 saturated carbocycles. The summed E-state index contributed by atoms with van der Waals surface area (Å²) in [6, 6.07) is 11.5. The van der Waals surface area contributed by atoms with E-state index >= 15 is 0 Å². The lowest BCUT2D eigenvalue weighted by molar-refractivity contribution is 0.104. The average Bonchev–Trinajstić information content (AvgIpc) is 2.53. The number of carbonyl (C=O) groups is 1. The fourth-order valence-electron chi connectivity index (χ4n) is 2.27. The molecule has 0 aliphatic rings. The van der Waals surface area contributed by atoms with Crippen molar-refractivity contribution in [1.29, 1.82) is 0 Å². The number of fused-ring (bicyclic) bond motifs is 1. The summed E-state index contributed by atoms with van der Waals surface area (Å²) in [6.07, 6.45) is 3.31. The minimum Gasteiger partial charge on any atom is -0.494 e. The third kappa shape index (κ3) is 2.36. The molecule has 4 heteroatoms. The van der Waals surface area contributed by atoms with Crippen LogP contribution in [0.15, 0.2) is 54.9 Å². The van der Waals surface area contributed by atoms with E-state index < -0.39 is 5.82 Å². The Hall–Kier alpha value is -2.75. The van der Waals surface area contributed by atoms with Crippen molar-refractivity contribution in [2.45, 2.75) is 0 Å². The van der Waals surface area contributed by atoms with Gasteiger partial charge in [-0.2, -0.15) is 0 Å². The fraction of sp³-hybridized carbons (Fsp3) is 0.0588. The van der Waals surface area contributed by atoms with Crippen LogP contribution in [0.5, 0.6) is 5.75 Å². The molecule has 1 heterocycles. The van der Waals surface area contributed by atoms with Crippen molar-refractivity contribution in [1.82, 2.24) is 4.98 Å². The van der Waals surface area contributed by atoms with Gasteiger partial charge in [-0.1, -0.05) is 18.2 Å². The van der Waals surface area contributed by atoms with Crippen molar-refractivity contribution in [2.24, 2.45) is 0 Å². The molecule has 3 aromatic rings. The Kier molecular flexibility index (Phi) is 3.36. The predicted molar refractivity (Wildman–Crippen MR) is 78.1 cm³/mol. The van der Waals surface area contributed by atoms with Gasteiger partial charge in [-0.25, -0.2) is 4.39 Å². The number of ether oxygens (including phenoxy) is 1. The molecule has 0 fully saturated rings. The molecule has 0 N–H and O–H groups in total. The topological polar surface area (TPSA) is 39.2 Å². The van der Waals surface area contributed by atoms with Crippen molar-refractivity contribution < 1.29 is 13.9 Å². The van der Waals surface area contributed by atoms with Crippen LogP contribution in [0.4, 0.5) is 4.39 Å². The smallest absolute Gasteiger partial charge is 0.193 e. The summed E-state index contributed by atoms with van der Waals surface area (Å²) < 4.78 is 18.6. The average molecular weight is 281 g/mol. The predicted octanol–water partition coefficient (Wildman–Crippen LogP) is 3.61. The van der Waals surface area contributed by atoms with Crippen LogP contribution < -0.4 is 4.74 Å². The van der Waals surface area contributed by atoms with E-state index in [0.29, 0.717) is 5.56 Å². The van der Waals surface area contributed by atoms with E-state index in [-0.39, 0.29) is 17.1 Å². The van der Waals surface area contributed by atoms with Crippen molar-refractivity contribution in [3.8, 4) is 5.75 Å². The van der Waals surface area contributed by atoms with Crippen LogP contribution in [0.3, 0.4) is 0 Å². The Balaban J connectivity index is 2.10. The van der Waals surface area contributed by atoms with Crippen LogP contribution in [0, 0.1) is 5.82 Å². The zero-order valence-corrected chi connectivity index (χ0v) is 11.3. The lowest BCUT2D eigenvalue weighted by Gasteiger charge is -2.07. The number of hydrogen-bond donors (Lipinski definition) is 0. The van der Waals surface area contributed by atoms with Gasteiger partial charge in [0.1, 0.15) is 0 Å². The standard InChI is InChI=1S/C17H12FNO2/c1-21-16-6-5-12(9-15(16)18)17(20)13-4-2-3-11-7-8-19-10-14(11)13/h2-10H,1H3. The highest BCUT2D eigenvalue weighted by atomic mass is 19.1. The second kappa shape index (κ2) is 5.32. The number of aromatic nitrogens is 1. The Bertz CT molecular complexity index is 825. The molecule has 1 aromatic heterocycles. The van der Waals surface area contributed by atoms with Gasteiger partial charge in [0, 0.05) is 28.9 Å². The molecule has 0 radical (unpaired) electrons. The summed E-state index contributed by atoms with van der Waals surface area (Å²) in [7, 11) is 1.39. The Labute approximate surface area is 121 Å². The first-order chi connectivity index (χ1) is 10.2. The van der Waals surface area contributed by atoms with Crippen LogP contribution in [-0.4, -0.2) is 17.9 Å². The largest absolute Gasteiger partial charge is 0.494 e. The molecule has 21 heavy (non-hydrogen) atoms. The summed E-state index contributed by atoms with van der Waals surface area (Å²) in [5, 5.41) is 1.67. The van der Waals surface area contributed by atoms with E-state index in [2.05, 4.69) is 4.98 Å². The quantitative estimate of drug-likeness (QED) is 0.688. The first kappa shape index (κ1) is 13.2. The fourth-order valence-corrected chi connectivity index (χ4v) is 2.27. The second-order valence-corrected chi connectivity index (χ2v) is 4.58.